The van der Waals surface area contributed by atoms with Crippen LogP contribution in [0.3, 0.4) is 0 Å². The standard InChI is InChI=1S/C21H31N5.HI/c1-5-26(6-2)20-13-12-18(15-23-20)16-25-21(22-4)24-14-17(3)19-10-8-7-9-11-19;/h7-13,15,17H,5-6,14,16H2,1-4H3,(H2,22,24,25);1H. The number of halogens is 1. The Bertz CT molecular complexity index is 669. The van der Waals surface area contributed by atoms with Crippen LogP contribution in [0, 0.1) is 0 Å². The van der Waals surface area contributed by atoms with E-state index < -0.39 is 0 Å². The number of nitrogens with one attached hydrogen (secondary N) is 2. The molecule has 2 N–H and O–H groups in total. The topological polar surface area (TPSA) is 52.5 Å². The van der Waals surface area contributed by atoms with Gasteiger partial charge < -0.3 is 15.5 Å². The molecular weight excluding hydrogens is 449 g/mol. The molecule has 0 spiro atoms. The second-order valence-corrected chi connectivity index (χ2v) is 6.32. The van der Waals surface area contributed by atoms with Crippen LogP contribution >= 0.6 is 24.0 Å². The van der Waals surface area contributed by atoms with Gasteiger partial charge in [-0.05, 0) is 37.0 Å². The van der Waals surface area contributed by atoms with Crippen LogP contribution < -0.4 is 15.5 Å². The zero-order valence-corrected chi connectivity index (χ0v) is 19.1. The lowest BCUT2D eigenvalue weighted by Gasteiger charge is -2.20. The highest BCUT2D eigenvalue weighted by atomic mass is 127. The first-order valence-electron chi connectivity index (χ1n) is 9.37. The number of benzene rings is 1. The smallest absolute Gasteiger partial charge is 0.191 e. The molecule has 0 saturated heterocycles. The summed E-state index contributed by atoms with van der Waals surface area (Å²) >= 11 is 0. The van der Waals surface area contributed by atoms with Crippen LogP contribution in [0.4, 0.5) is 5.82 Å². The maximum absolute atomic E-state index is 4.56. The molecule has 0 saturated carbocycles. The zero-order chi connectivity index (χ0) is 18.8. The zero-order valence-electron chi connectivity index (χ0n) is 16.8. The van der Waals surface area contributed by atoms with Gasteiger partial charge in [-0.15, -0.1) is 24.0 Å². The van der Waals surface area contributed by atoms with Crippen LogP contribution in [-0.2, 0) is 6.54 Å². The van der Waals surface area contributed by atoms with E-state index >= 15 is 0 Å². The van der Waals surface area contributed by atoms with Gasteiger partial charge in [-0.3, -0.25) is 4.99 Å². The van der Waals surface area contributed by atoms with Crippen LogP contribution in [0.15, 0.2) is 53.7 Å². The number of hydrogen-bond acceptors (Lipinski definition) is 3. The van der Waals surface area contributed by atoms with E-state index in [4.69, 9.17) is 0 Å². The quantitative estimate of drug-likeness (QED) is 0.340. The van der Waals surface area contributed by atoms with E-state index in [1.54, 1.807) is 7.05 Å². The number of pyridine rings is 1. The molecule has 0 bridgehead atoms. The van der Waals surface area contributed by atoms with E-state index in [1.807, 2.05) is 12.3 Å². The van der Waals surface area contributed by atoms with Gasteiger partial charge in [0.15, 0.2) is 5.96 Å². The highest BCUT2D eigenvalue weighted by molar-refractivity contribution is 14.0. The summed E-state index contributed by atoms with van der Waals surface area (Å²) in [6.07, 6.45) is 1.93. The molecule has 1 heterocycles. The molecule has 27 heavy (non-hydrogen) atoms. The molecule has 0 fully saturated rings. The van der Waals surface area contributed by atoms with Crippen molar-refractivity contribution in [2.45, 2.75) is 33.2 Å². The predicted octanol–water partition coefficient (Wildman–Crippen LogP) is 4.01. The number of anilines is 1. The summed E-state index contributed by atoms with van der Waals surface area (Å²) in [5, 5.41) is 6.75. The summed E-state index contributed by atoms with van der Waals surface area (Å²) in [6.45, 7) is 9.98. The second kappa shape index (κ2) is 12.5. The monoisotopic (exact) mass is 481 g/mol. The Morgan fingerprint density at radius 1 is 1.07 bits per heavy atom. The molecular formula is C21H32IN5. The molecule has 0 radical (unpaired) electrons. The van der Waals surface area contributed by atoms with E-state index in [2.05, 4.69) is 82.7 Å². The molecule has 0 aliphatic heterocycles. The Balaban J connectivity index is 0.00000364. The van der Waals surface area contributed by atoms with Gasteiger partial charge in [0.05, 0.1) is 0 Å². The molecule has 6 heteroatoms. The van der Waals surface area contributed by atoms with Crippen LogP contribution in [0.5, 0.6) is 0 Å². The van der Waals surface area contributed by atoms with Gasteiger partial charge in [-0.1, -0.05) is 43.3 Å². The van der Waals surface area contributed by atoms with Gasteiger partial charge >= 0.3 is 0 Å². The van der Waals surface area contributed by atoms with E-state index in [0.717, 1.165) is 37.0 Å². The molecule has 1 aromatic heterocycles. The molecule has 5 nitrogen and oxygen atoms in total. The average Bonchev–Trinajstić information content (AvgIpc) is 2.70. The lowest BCUT2D eigenvalue weighted by molar-refractivity contribution is 0.698. The van der Waals surface area contributed by atoms with Crippen molar-refractivity contribution in [3.8, 4) is 0 Å². The van der Waals surface area contributed by atoms with Gasteiger partial charge in [0.2, 0.25) is 0 Å². The minimum Gasteiger partial charge on any atom is -0.357 e. The molecule has 1 unspecified atom stereocenters. The van der Waals surface area contributed by atoms with Crippen molar-refractivity contribution in [2.75, 3.05) is 31.6 Å². The highest BCUT2D eigenvalue weighted by Gasteiger charge is 2.07. The number of guanidine groups is 1. The molecule has 1 aromatic carbocycles. The van der Waals surface area contributed by atoms with Crippen molar-refractivity contribution < 1.29 is 0 Å². The van der Waals surface area contributed by atoms with E-state index in [9.17, 15) is 0 Å². The minimum atomic E-state index is 0. The maximum Gasteiger partial charge on any atom is 0.191 e. The van der Waals surface area contributed by atoms with Crippen molar-refractivity contribution in [1.29, 1.82) is 0 Å². The van der Waals surface area contributed by atoms with Crippen LogP contribution in [0.25, 0.3) is 0 Å². The van der Waals surface area contributed by atoms with E-state index in [-0.39, 0.29) is 24.0 Å². The lowest BCUT2D eigenvalue weighted by Crippen LogP contribution is -2.38. The minimum absolute atomic E-state index is 0. The molecule has 0 amide bonds. The fourth-order valence-electron chi connectivity index (χ4n) is 2.81. The average molecular weight is 481 g/mol. The highest BCUT2D eigenvalue weighted by Crippen LogP contribution is 2.13. The first-order valence-corrected chi connectivity index (χ1v) is 9.37. The third-order valence-electron chi connectivity index (χ3n) is 4.52. The summed E-state index contributed by atoms with van der Waals surface area (Å²) in [6, 6.07) is 14.7. The Morgan fingerprint density at radius 2 is 1.78 bits per heavy atom. The molecule has 0 aliphatic carbocycles. The number of aromatic nitrogens is 1. The van der Waals surface area contributed by atoms with Crippen LogP contribution in [0.1, 0.15) is 37.8 Å². The number of aliphatic imine (C=N–C) groups is 1. The largest absolute Gasteiger partial charge is 0.357 e. The lowest BCUT2D eigenvalue weighted by atomic mass is 10.0. The summed E-state index contributed by atoms with van der Waals surface area (Å²) in [4.78, 5) is 11.1. The Labute approximate surface area is 180 Å². The predicted molar refractivity (Wildman–Crippen MR) is 126 cm³/mol. The summed E-state index contributed by atoms with van der Waals surface area (Å²) < 4.78 is 0. The Hall–Kier alpha value is -1.83. The normalized spacial score (nSPS) is 12.1. The van der Waals surface area contributed by atoms with Gasteiger partial charge in [-0.2, -0.15) is 0 Å². The van der Waals surface area contributed by atoms with Crippen LogP contribution in [-0.4, -0.2) is 37.6 Å². The van der Waals surface area contributed by atoms with E-state index in [0.29, 0.717) is 12.5 Å². The molecule has 0 aliphatic rings. The Morgan fingerprint density at radius 3 is 2.33 bits per heavy atom. The fourth-order valence-corrected chi connectivity index (χ4v) is 2.81. The first kappa shape index (κ1) is 23.2. The Kier molecular flexibility index (Phi) is 10.8. The van der Waals surface area contributed by atoms with Crippen molar-refractivity contribution in [1.82, 2.24) is 15.6 Å². The SMILES string of the molecule is CCN(CC)c1ccc(CNC(=NC)NCC(C)c2ccccc2)cn1.I. The van der Waals surface area contributed by atoms with Crippen LogP contribution in [0.2, 0.25) is 0 Å². The third kappa shape index (κ3) is 7.36. The molecule has 1 atom stereocenters. The maximum atomic E-state index is 4.56. The number of rotatable bonds is 8. The summed E-state index contributed by atoms with van der Waals surface area (Å²) in [5.74, 6) is 2.25. The summed E-state index contributed by atoms with van der Waals surface area (Å²) in [5.41, 5.74) is 2.46. The van der Waals surface area contributed by atoms with Crippen molar-refractivity contribution in [2.24, 2.45) is 4.99 Å². The second-order valence-electron chi connectivity index (χ2n) is 6.32. The van der Waals surface area contributed by atoms with Crippen molar-refractivity contribution in [3.63, 3.8) is 0 Å². The van der Waals surface area contributed by atoms with Gasteiger partial charge in [0.25, 0.3) is 0 Å². The molecule has 2 aromatic rings. The third-order valence-corrected chi connectivity index (χ3v) is 4.52. The number of nitrogens with zero attached hydrogens (tertiary/aromatic N) is 3. The molecule has 2 rings (SSSR count). The van der Waals surface area contributed by atoms with Crippen molar-refractivity contribution in [3.05, 3.63) is 59.8 Å². The van der Waals surface area contributed by atoms with Gasteiger partial charge in [0.1, 0.15) is 5.82 Å². The van der Waals surface area contributed by atoms with E-state index in [1.165, 1.54) is 5.56 Å². The summed E-state index contributed by atoms with van der Waals surface area (Å²) in [7, 11) is 1.80. The molecule has 148 valence electrons. The fraction of sp³-hybridized carbons (Fsp3) is 0.429. The van der Waals surface area contributed by atoms with Gasteiger partial charge in [0, 0.05) is 39.4 Å². The number of hydrogen-bond donors (Lipinski definition) is 2. The first-order chi connectivity index (χ1) is 12.7. The van der Waals surface area contributed by atoms with Gasteiger partial charge in [-0.25, -0.2) is 4.98 Å². The van der Waals surface area contributed by atoms with Crippen molar-refractivity contribution >= 4 is 35.8 Å².